The lowest BCUT2D eigenvalue weighted by atomic mass is 10.0. The molecule has 4 nitrogen and oxygen atoms in total. The van der Waals surface area contributed by atoms with Crippen molar-refractivity contribution in [3.63, 3.8) is 0 Å². The molecule has 19 heavy (non-hydrogen) atoms. The average Bonchev–Trinajstić information content (AvgIpc) is 2.92. The van der Waals surface area contributed by atoms with Crippen molar-refractivity contribution < 1.29 is 4.79 Å². The Bertz CT molecular complexity index is 289. The SMILES string of the molecule is CC1CCCN(C(=O)NCCN(C)C2CCCC2)C1. The van der Waals surface area contributed by atoms with Crippen LogP contribution in [-0.2, 0) is 0 Å². The predicted molar refractivity (Wildman–Crippen MR) is 78.3 cm³/mol. The molecule has 0 radical (unpaired) electrons. The van der Waals surface area contributed by atoms with E-state index in [-0.39, 0.29) is 6.03 Å². The van der Waals surface area contributed by atoms with Gasteiger partial charge in [0.25, 0.3) is 0 Å². The van der Waals surface area contributed by atoms with Crippen molar-refractivity contribution >= 4 is 6.03 Å². The molecule has 1 aliphatic carbocycles. The van der Waals surface area contributed by atoms with E-state index in [0.717, 1.165) is 38.6 Å². The van der Waals surface area contributed by atoms with E-state index in [4.69, 9.17) is 0 Å². The van der Waals surface area contributed by atoms with Crippen LogP contribution in [0.3, 0.4) is 0 Å². The molecule has 2 rings (SSSR count). The Balaban J connectivity index is 1.63. The molecule has 1 saturated carbocycles. The molecule has 0 aromatic heterocycles. The molecule has 2 aliphatic rings. The first-order chi connectivity index (χ1) is 9.16. The summed E-state index contributed by atoms with van der Waals surface area (Å²) in [6, 6.07) is 0.873. The molecule has 1 aliphatic heterocycles. The van der Waals surface area contributed by atoms with Gasteiger partial charge in [0.2, 0.25) is 0 Å². The fourth-order valence-corrected chi connectivity index (χ4v) is 3.35. The number of amides is 2. The number of hydrogen-bond donors (Lipinski definition) is 1. The molecule has 1 atom stereocenters. The van der Waals surface area contributed by atoms with Crippen LogP contribution in [0.25, 0.3) is 0 Å². The van der Waals surface area contributed by atoms with Gasteiger partial charge in [-0.15, -0.1) is 0 Å². The van der Waals surface area contributed by atoms with Crippen LogP contribution in [-0.4, -0.2) is 55.1 Å². The van der Waals surface area contributed by atoms with E-state index in [0.29, 0.717) is 5.92 Å². The zero-order valence-corrected chi connectivity index (χ0v) is 12.5. The molecule has 1 saturated heterocycles. The third kappa shape index (κ3) is 4.37. The average molecular weight is 267 g/mol. The summed E-state index contributed by atoms with van der Waals surface area (Å²) in [5, 5.41) is 3.07. The summed E-state index contributed by atoms with van der Waals surface area (Å²) in [5.74, 6) is 0.653. The van der Waals surface area contributed by atoms with Crippen LogP contribution in [0.4, 0.5) is 4.79 Å². The van der Waals surface area contributed by atoms with Crippen LogP contribution in [0.2, 0.25) is 0 Å². The molecule has 1 N–H and O–H groups in total. The number of carbonyl (C=O) groups is 1. The van der Waals surface area contributed by atoms with E-state index in [1.165, 1.54) is 32.1 Å². The van der Waals surface area contributed by atoms with Crippen molar-refractivity contribution in [1.29, 1.82) is 0 Å². The maximum Gasteiger partial charge on any atom is 0.317 e. The van der Waals surface area contributed by atoms with E-state index < -0.39 is 0 Å². The summed E-state index contributed by atoms with van der Waals surface area (Å²) in [7, 11) is 2.19. The summed E-state index contributed by atoms with van der Waals surface area (Å²) in [6.45, 7) is 5.82. The van der Waals surface area contributed by atoms with Gasteiger partial charge in [-0.2, -0.15) is 0 Å². The Hall–Kier alpha value is -0.770. The number of rotatable bonds is 4. The smallest absolute Gasteiger partial charge is 0.317 e. The maximum absolute atomic E-state index is 12.0. The summed E-state index contributed by atoms with van der Waals surface area (Å²) in [5.41, 5.74) is 0. The topological polar surface area (TPSA) is 35.6 Å². The minimum atomic E-state index is 0.131. The summed E-state index contributed by atoms with van der Waals surface area (Å²) >= 11 is 0. The molecule has 110 valence electrons. The molecule has 0 aromatic carbocycles. The van der Waals surface area contributed by atoms with Crippen LogP contribution in [0.1, 0.15) is 45.4 Å². The minimum absolute atomic E-state index is 0.131. The molecule has 2 fully saturated rings. The molecule has 0 aromatic rings. The standard InChI is InChI=1S/C15H29N3O/c1-13-6-5-10-18(12-13)15(19)16-9-11-17(2)14-7-3-4-8-14/h13-14H,3-12H2,1-2H3,(H,16,19). The highest BCUT2D eigenvalue weighted by Gasteiger charge is 2.21. The number of nitrogens with one attached hydrogen (secondary N) is 1. The van der Waals surface area contributed by atoms with Crippen LogP contribution < -0.4 is 5.32 Å². The molecule has 1 unspecified atom stereocenters. The number of carbonyl (C=O) groups excluding carboxylic acids is 1. The van der Waals surface area contributed by atoms with Gasteiger partial charge in [0, 0.05) is 32.2 Å². The lowest BCUT2D eigenvalue weighted by molar-refractivity contribution is 0.167. The Morgan fingerprint density at radius 1 is 1.26 bits per heavy atom. The normalized spacial score (nSPS) is 25.0. The fourth-order valence-electron chi connectivity index (χ4n) is 3.35. The highest BCUT2D eigenvalue weighted by molar-refractivity contribution is 5.74. The number of piperidine rings is 1. The van der Waals surface area contributed by atoms with Crippen LogP contribution in [0.5, 0.6) is 0 Å². The number of nitrogens with zero attached hydrogens (tertiary/aromatic N) is 2. The highest BCUT2D eigenvalue weighted by Crippen LogP contribution is 2.21. The van der Waals surface area contributed by atoms with Crippen molar-refractivity contribution in [2.24, 2.45) is 5.92 Å². The van der Waals surface area contributed by atoms with Gasteiger partial charge in [0.05, 0.1) is 0 Å². The van der Waals surface area contributed by atoms with Crippen LogP contribution in [0, 0.1) is 5.92 Å². The highest BCUT2D eigenvalue weighted by atomic mass is 16.2. The van der Waals surface area contributed by atoms with Gasteiger partial charge >= 0.3 is 6.03 Å². The zero-order chi connectivity index (χ0) is 13.7. The summed E-state index contributed by atoms with van der Waals surface area (Å²) in [4.78, 5) is 16.4. The number of likely N-dealkylation sites (N-methyl/N-ethyl adjacent to an activating group) is 1. The van der Waals surface area contributed by atoms with Crippen molar-refractivity contribution in [3.8, 4) is 0 Å². The molecule has 0 bridgehead atoms. The van der Waals surface area contributed by atoms with Crippen LogP contribution in [0.15, 0.2) is 0 Å². The largest absolute Gasteiger partial charge is 0.337 e. The summed E-state index contributed by atoms with van der Waals surface area (Å²) < 4.78 is 0. The lowest BCUT2D eigenvalue weighted by Gasteiger charge is -2.31. The van der Waals surface area contributed by atoms with Crippen molar-refractivity contribution in [2.75, 3.05) is 33.2 Å². The molecule has 4 heteroatoms. The molecule has 0 spiro atoms. The zero-order valence-electron chi connectivity index (χ0n) is 12.5. The number of hydrogen-bond acceptors (Lipinski definition) is 2. The lowest BCUT2D eigenvalue weighted by Crippen LogP contribution is -2.47. The first-order valence-corrected chi connectivity index (χ1v) is 7.90. The second kappa shape index (κ2) is 7.13. The van der Waals surface area contributed by atoms with Gasteiger partial charge in [-0.3, -0.25) is 0 Å². The number of urea groups is 1. The molecule has 1 heterocycles. The van der Waals surface area contributed by atoms with E-state index >= 15 is 0 Å². The van der Waals surface area contributed by atoms with E-state index in [9.17, 15) is 4.79 Å². The van der Waals surface area contributed by atoms with Crippen molar-refractivity contribution in [1.82, 2.24) is 15.1 Å². The summed E-state index contributed by atoms with van der Waals surface area (Å²) in [6.07, 6.45) is 7.80. The minimum Gasteiger partial charge on any atom is -0.337 e. The van der Waals surface area contributed by atoms with Gasteiger partial charge in [-0.1, -0.05) is 19.8 Å². The Morgan fingerprint density at radius 3 is 2.68 bits per heavy atom. The van der Waals surface area contributed by atoms with Gasteiger partial charge in [-0.05, 0) is 38.6 Å². The van der Waals surface area contributed by atoms with Gasteiger partial charge < -0.3 is 15.1 Å². The Morgan fingerprint density at radius 2 is 2.00 bits per heavy atom. The van der Waals surface area contributed by atoms with Crippen molar-refractivity contribution in [2.45, 2.75) is 51.5 Å². The van der Waals surface area contributed by atoms with Crippen LogP contribution >= 0.6 is 0 Å². The molecule has 2 amide bonds. The third-order valence-electron chi connectivity index (χ3n) is 4.63. The van der Waals surface area contributed by atoms with Gasteiger partial charge in [0.1, 0.15) is 0 Å². The van der Waals surface area contributed by atoms with E-state index in [1.807, 2.05) is 4.90 Å². The molecular formula is C15H29N3O. The quantitative estimate of drug-likeness (QED) is 0.848. The maximum atomic E-state index is 12.0. The first kappa shape index (κ1) is 14.6. The Kier molecular flexibility index (Phi) is 5.49. The second-order valence-corrected chi connectivity index (χ2v) is 6.34. The van der Waals surface area contributed by atoms with E-state index in [1.54, 1.807) is 0 Å². The number of likely N-dealkylation sites (tertiary alicyclic amines) is 1. The second-order valence-electron chi connectivity index (χ2n) is 6.34. The van der Waals surface area contributed by atoms with Gasteiger partial charge in [0.15, 0.2) is 0 Å². The predicted octanol–water partition coefficient (Wildman–Crippen LogP) is 2.30. The first-order valence-electron chi connectivity index (χ1n) is 7.90. The van der Waals surface area contributed by atoms with Gasteiger partial charge in [-0.25, -0.2) is 4.79 Å². The van der Waals surface area contributed by atoms with E-state index in [2.05, 4.69) is 24.2 Å². The molecular weight excluding hydrogens is 238 g/mol. The fraction of sp³-hybridized carbons (Fsp3) is 0.933. The Labute approximate surface area is 117 Å². The third-order valence-corrected chi connectivity index (χ3v) is 4.63. The monoisotopic (exact) mass is 267 g/mol. The van der Waals surface area contributed by atoms with Crippen molar-refractivity contribution in [3.05, 3.63) is 0 Å².